The first-order valence-corrected chi connectivity index (χ1v) is 10.3. The first-order chi connectivity index (χ1) is 15.0. The summed E-state index contributed by atoms with van der Waals surface area (Å²) in [7, 11) is 0. The van der Waals surface area contributed by atoms with Crippen molar-refractivity contribution in [1.82, 2.24) is 38.9 Å². The van der Waals surface area contributed by atoms with Crippen LogP contribution in [0.25, 0.3) is 0 Å². The number of rotatable bonds is 6. The fourth-order valence-corrected chi connectivity index (χ4v) is 4.20. The standard InChI is InChI=1S/C20H24N8O4.2ClH/c1-11(29)15-21-16(12(2)30)24-19(23-15)27-5-8-28(9-6-27,10-7-27)20-25-17(13(3)31)22-18(26-20)14(4)32;;/h5-10H2,1-4H3;2*1H/q+2;;/p-2. The first-order valence-electron chi connectivity index (χ1n) is 10.3. The zero-order valence-electron chi connectivity index (χ0n) is 19.2. The lowest BCUT2D eigenvalue weighted by Gasteiger charge is -2.52. The Kier molecular flexibility index (Phi) is 7.93. The Morgan fingerprint density at radius 3 is 0.853 bits per heavy atom. The van der Waals surface area contributed by atoms with Gasteiger partial charge in [0.2, 0.25) is 23.3 Å². The zero-order chi connectivity index (χ0) is 23.3. The van der Waals surface area contributed by atoms with Gasteiger partial charge in [-0.15, -0.1) is 0 Å². The number of piperazine rings is 3. The van der Waals surface area contributed by atoms with Crippen molar-refractivity contribution in [1.29, 1.82) is 0 Å². The SMILES string of the molecule is CC(=O)c1nc(C(C)=O)nc([N+]23CC[N+](c4nc(C(C)=O)nc(C(C)=O)n4)(CC2)CC3)n1.[Cl-].[Cl-]. The van der Waals surface area contributed by atoms with Crippen LogP contribution in [0, 0.1) is 0 Å². The van der Waals surface area contributed by atoms with E-state index in [-0.39, 0.29) is 71.2 Å². The summed E-state index contributed by atoms with van der Waals surface area (Å²) in [5, 5.41) is 0. The molecule has 5 heterocycles. The predicted octanol–water partition coefficient (Wildman–Crippen LogP) is -5.78. The molecule has 3 saturated heterocycles. The molecule has 0 aromatic carbocycles. The number of carbonyl (C=O) groups is 4. The minimum absolute atomic E-state index is 0. The highest BCUT2D eigenvalue weighted by atomic mass is 35.5. The minimum Gasteiger partial charge on any atom is -1.00 e. The Hall–Kier alpha value is -2.80. The molecule has 2 aromatic rings. The van der Waals surface area contributed by atoms with Crippen LogP contribution in [0.1, 0.15) is 70.2 Å². The molecule has 34 heavy (non-hydrogen) atoms. The average Bonchev–Trinajstić information content (AvgIpc) is 2.79. The van der Waals surface area contributed by atoms with E-state index >= 15 is 0 Å². The summed E-state index contributed by atoms with van der Waals surface area (Å²) in [5.74, 6) is -0.536. The number of hydrogen-bond donors (Lipinski definition) is 0. The van der Waals surface area contributed by atoms with Crippen LogP contribution >= 0.6 is 0 Å². The topological polar surface area (TPSA) is 146 Å². The van der Waals surface area contributed by atoms with Gasteiger partial charge in [-0.1, -0.05) is 0 Å². The summed E-state index contributed by atoms with van der Waals surface area (Å²) in [6.45, 7) is 9.16. The van der Waals surface area contributed by atoms with Gasteiger partial charge in [0.15, 0.2) is 23.1 Å². The van der Waals surface area contributed by atoms with Crippen molar-refractivity contribution >= 4 is 35.0 Å². The maximum Gasteiger partial charge on any atom is 0.333 e. The summed E-state index contributed by atoms with van der Waals surface area (Å²) in [6, 6.07) is 0. The Bertz CT molecular complexity index is 1010. The van der Waals surface area contributed by atoms with Crippen LogP contribution < -0.4 is 33.8 Å². The van der Waals surface area contributed by atoms with Gasteiger partial charge in [-0.25, -0.2) is 18.9 Å². The van der Waals surface area contributed by atoms with E-state index in [4.69, 9.17) is 0 Å². The molecule has 3 aliphatic rings. The second kappa shape index (κ2) is 9.82. The van der Waals surface area contributed by atoms with E-state index in [9.17, 15) is 19.2 Å². The highest BCUT2D eigenvalue weighted by Gasteiger charge is 2.55. The lowest BCUT2D eigenvalue weighted by atomic mass is 10.1. The summed E-state index contributed by atoms with van der Waals surface area (Å²) in [5.41, 5.74) is 0. The van der Waals surface area contributed by atoms with Crippen LogP contribution in [0.5, 0.6) is 0 Å². The molecule has 0 atom stereocenters. The number of hydrogen-bond acceptors (Lipinski definition) is 10. The molecule has 0 saturated carbocycles. The molecule has 14 heteroatoms. The van der Waals surface area contributed by atoms with Gasteiger partial charge >= 0.3 is 11.9 Å². The second-order valence-electron chi connectivity index (χ2n) is 8.42. The molecule has 0 N–H and O–H groups in total. The minimum atomic E-state index is -0.327. The predicted molar refractivity (Wildman–Crippen MR) is 112 cm³/mol. The quantitative estimate of drug-likeness (QED) is 0.272. The molecular formula is C20H24Cl2N8O4. The molecule has 3 fully saturated rings. The number of aromatic nitrogens is 6. The zero-order valence-corrected chi connectivity index (χ0v) is 20.7. The number of quaternary nitrogens is 2. The molecule has 2 aromatic heterocycles. The maximum atomic E-state index is 11.9. The number of halogens is 2. The van der Waals surface area contributed by atoms with Crippen LogP contribution in [-0.2, 0) is 0 Å². The van der Waals surface area contributed by atoms with E-state index in [0.29, 0.717) is 60.1 Å². The van der Waals surface area contributed by atoms with Gasteiger partial charge in [0.25, 0.3) is 0 Å². The van der Waals surface area contributed by atoms with Crippen LogP contribution in [0.4, 0.5) is 11.9 Å². The van der Waals surface area contributed by atoms with E-state index in [1.165, 1.54) is 27.7 Å². The second-order valence-corrected chi connectivity index (χ2v) is 8.42. The third-order valence-corrected chi connectivity index (χ3v) is 6.22. The lowest BCUT2D eigenvalue weighted by molar-refractivity contribution is -0.00100. The molecule has 3 aliphatic heterocycles. The Labute approximate surface area is 208 Å². The van der Waals surface area contributed by atoms with Crippen LogP contribution in [0.3, 0.4) is 0 Å². The molecule has 182 valence electrons. The molecule has 0 spiro atoms. The lowest BCUT2D eigenvalue weighted by Crippen LogP contribution is -3.00. The summed E-state index contributed by atoms with van der Waals surface area (Å²) in [6.07, 6.45) is 0. The van der Waals surface area contributed by atoms with Gasteiger partial charge in [-0.3, -0.25) is 19.2 Å². The molecule has 2 bridgehead atoms. The number of nitrogens with zero attached hydrogens (tertiary/aromatic N) is 8. The molecule has 12 nitrogen and oxygen atoms in total. The van der Waals surface area contributed by atoms with E-state index < -0.39 is 0 Å². The maximum absolute atomic E-state index is 11.9. The summed E-state index contributed by atoms with van der Waals surface area (Å²) >= 11 is 0. The van der Waals surface area contributed by atoms with E-state index in [2.05, 4.69) is 29.9 Å². The largest absolute Gasteiger partial charge is 1.00 e. The van der Waals surface area contributed by atoms with Gasteiger partial charge in [0.05, 0.1) is 0 Å². The van der Waals surface area contributed by atoms with Crippen molar-refractivity contribution < 1.29 is 44.0 Å². The Morgan fingerprint density at radius 1 is 0.471 bits per heavy atom. The summed E-state index contributed by atoms with van der Waals surface area (Å²) in [4.78, 5) is 73.2. The highest BCUT2D eigenvalue weighted by molar-refractivity contribution is 5.95. The summed E-state index contributed by atoms with van der Waals surface area (Å²) < 4.78 is 0.848. The van der Waals surface area contributed by atoms with Crippen molar-refractivity contribution in [3.63, 3.8) is 0 Å². The van der Waals surface area contributed by atoms with Gasteiger partial charge < -0.3 is 24.8 Å². The van der Waals surface area contributed by atoms with Crippen LogP contribution in [0.2, 0.25) is 0 Å². The van der Waals surface area contributed by atoms with Crippen LogP contribution in [-0.4, -0.2) is 92.3 Å². The average molecular weight is 511 g/mol. The van der Waals surface area contributed by atoms with Gasteiger partial charge in [-0.2, -0.15) is 19.9 Å². The van der Waals surface area contributed by atoms with Crippen LogP contribution in [0.15, 0.2) is 0 Å². The molecule has 0 unspecified atom stereocenters. The Balaban J connectivity index is 0.00000204. The van der Waals surface area contributed by atoms with Crippen molar-refractivity contribution in [3.8, 4) is 0 Å². The molecular weight excluding hydrogens is 487 g/mol. The third kappa shape index (κ3) is 4.71. The number of fused-ring (bicyclic) bond motifs is 3. The third-order valence-electron chi connectivity index (χ3n) is 6.22. The number of carbonyl (C=O) groups excluding carboxylic acids is 4. The monoisotopic (exact) mass is 510 g/mol. The molecule has 0 aliphatic carbocycles. The van der Waals surface area contributed by atoms with E-state index in [0.717, 1.165) is 0 Å². The fourth-order valence-electron chi connectivity index (χ4n) is 4.20. The van der Waals surface area contributed by atoms with Crippen molar-refractivity contribution in [3.05, 3.63) is 23.3 Å². The molecule has 0 amide bonds. The first kappa shape index (κ1) is 27.4. The Morgan fingerprint density at radius 2 is 0.676 bits per heavy atom. The van der Waals surface area contributed by atoms with Gasteiger partial charge in [0, 0.05) is 27.7 Å². The van der Waals surface area contributed by atoms with Crippen molar-refractivity contribution in [2.45, 2.75) is 27.7 Å². The fraction of sp³-hybridized carbons (Fsp3) is 0.500. The number of ketones is 4. The number of Topliss-reactive ketones (excluding diaryl/α,β-unsaturated/α-hetero) is 4. The molecule has 0 radical (unpaired) electrons. The van der Waals surface area contributed by atoms with Crippen molar-refractivity contribution in [2.75, 3.05) is 39.3 Å². The van der Waals surface area contributed by atoms with Crippen molar-refractivity contribution in [2.24, 2.45) is 0 Å². The van der Waals surface area contributed by atoms with E-state index in [1.54, 1.807) is 0 Å². The smallest absolute Gasteiger partial charge is 0.333 e. The van der Waals surface area contributed by atoms with Gasteiger partial charge in [-0.05, 0) is 0 Å². The van der Waals surface area contributed by atoms with E-state index in [1.807, 2.05) is 0 Å². The van der Waals surface area contributed by atoms with Gasteiger partial charge in [0.1, 0.15) is 39.3 Å². The highest BCUT2D eigenvalue weighted by Crippen LogP contribution is 2.33. The normalized spacial score (nSPS) is 22.8. The molecule has 5 rings (SSSR count).